The zero-order valence-corrected chi connectivity index (χ0v) is 12.4. The van der Waals surface area contributed by atoms with Gasteiger partial charge in [0.05, 0.1) is 43.7 Å². The molecule has 2 bridgehead atoms. The fraction of sp³-hybridized carbons (Fsp3) is 0.500. The number of rotatable bonds is 2. The molecule has 2 fully saturated rings. The quantitative estimate of drug-likeness (QED) is 0.783. The number of anilines is 1. The Bertz CT molecular complexity index is 489. The van der Waals surface area contributed by atoms with Gasteiger partial charge in [0, 0.05) is 4.47 Å². The van der Waals surface area contributed by atoms with Crippen molar-refractivity contribution in [3.63, 3.8) is 0 Å². The first-order valence-electron chi connectivity index (χ1n) is 6.44. The van der Waals surface area contributed by atoms with Crippen LogP contribution in [0.25, 0.3) is 0 Å². The van der Waals surface area contributed by atoms with Crippen molar-refractivity contribution < 1.29 is 14.3 Å². The van der Waals surface area contributed by atoms with Crippen molar-refractivity contribution in [3.05, 3.63) is 28.2 Å². The van der Waals surface area contributed by atoms with E-state index in [-0.39, 0.29) is 5.97 Å². The Morgan fingerprint density at radius 1 is 1.37 bits per heavy atom. The van der Waals surface area contributed by atoms with E-state index in [4.69, 9.17) is 9.47 Å². The minimum absolute atomic E-state index is 0.284. The van der Waals surface area contributed by atoms with Gasteiger partial charge in [-0.25, -0.2) is 4.79 Å². The molecule has 2 heterocycles. The Morgan fingerprint density at radius 2 is 2.05 bits per heavy atom. The van der Waals surface area contributed by atoms with E-state index >= 15 is 0 Å². The van der Waals surface area contributed by atoms with E-state index in [1.807, 2.05) is 18.2 Å². The maximum Gasteiger partial charge on any atom is 0.339 e. The molecule has 0 radical (unpaired) electrons. The van der Waals surface area contributed by atoms with Crippen LogP contribution < -0.4 is 4.90 Å². The van der Waals surface area contributed by atoms with Crippen LogP contribution in [0.3, 0.4) is 0 Å². The Morgan fingerprint density at radius 3 is 2.68 bits per heavy atom. The van der Waals surface area contributed by atoms with Crippen LogP contribution in [-0.4, -0.2) is 38.4 Å². The summed E-state index contributed by atoms with van der Waals surface area (Å²) in [6.07, 6.45) is 2.25. The molecule has 2 saturated heterocycles. The molecule has 19 heavy (non-hydrogen) atoms. The van der Waals surface area contributed by atoms with E-state index in [9.17, 15) is 4.79 Å². The lowest BCUT2D eigenvalue weighted by atomic mass is 10.1. The third-order valence-electron chi connectivity index (χ3n) is 3.88. The summed E-state index contributed by atoms with van der Waals surface area (Å²) < 4.78 is 11.5. The number of benzene rings is 1. The fourth-order valence-electron chi connectivity index (χ4n) is 3.02. The molecule has 2 atom stereocenters. The van der Waals surface area contributed by atoms with Crippen molar-refractivity contribution in [2.45, 2.75) is 24.9 Å². The first-order chi connectivity index (χ1) is 9.20. The van der Waals surface area contributed by atoms with Gasteiger partial charge in [-0.2, -0.15) is 0 Å². The lowest BCUT2D eigenvalue weighted by Gasteiger charge is -2.37. The molecule has 1 aromatic carbocycles. The Labute approximate surface area is 120 Å². The predicted molar refractivity (Wildman–Crippen MR) is 75.6 cm³/mol. The number of carbonyl (C=O) groups excluding carboxylic acids is 1. The third-order valence-corrected chi connectivity index (χ3v) is 4.38. The number of carbonyl (C=O) groups is 1. The van der Waals surface area contributed by atoms with Crippen LogP contribution in [-0.2, 0) is 9.47 Å². The van der Waals surface area contributed by atoms with E-state index < -0.39 is 0 Å². The molecule has 5 heteroatoms. The standard InChI is InChI=1S/C14H16BrNO3/c1-18-14(17)12-5-2-9(15)6-13(12)16-10-3-4-11(16)8-19-7-10/h2,5-6,10-11H,3-4,7-8H2,1H3. The topological polar surface area (TPSA) is 38.8 Å². The SMILES string of the molecule is COC(=O)c1ccc(Br)cc1N1C2CCC1COC2. The first-order valence-corrected chi connectivity index (χ1v) is 7.24. The van der Waals surface area contributed by atoms with E-state index in [0.717, 1.165) is 36.2 Å². The number of fused-ring (bicyclic) bond motifs is 2. The highest BCUT2D eigenvalue weighted by Gasteiger charge is 2.39. The van der Waals surface area contributed by atoms with Crippen molar-refractivity contribution in [3.8, 4) is 0 Å². The first kappa shape index (κ1) is 12.9. The molecule has 2 unspecified atom stereocenters. The highest BCUT2D eigenvalue weighted by Crippen LogP contribution is 2.37. The molecular weight excluding hydrogens is 310 g/mol. The van der Waals surface area contributed by atoms with Crippen molar-refractivity contribution in [1.82, 2.24) is 0 Å². The number of halogens is 1. The van der Waals surface area contributed by atoms with E-state index in [2.05, 4.69) is 20.8 Å². The maximum atomic E-state index is 11.9. The molecule has 0 N–H and O–H groups in total. The number of hydrogen-bond donors (Lipinski definition) is 0. The Balaban J connectivity index is 2.03. The van der Waals surface area contributed by atoms with Crippen LogP contribution >= 0.6 is 15.9 Å². The molecule has 0 saturated carbocycles. The van der Waals surface area contributed by atoms with Crippen molar-refractivity contribution in [2.75, 3.05) is 25.2 Å². The zero-order valence-electron chi connectivity index (χ0n) is 10.8. The van der Waals surface area contributed by atoms with Gasteiger partial charge in [-0.1, -0.05) is 15.9 Å². The molecule has 0 spiro atoms. The molecule has 4 nitrogen and oxygen atoms in total. The van der Waals surface area contributed by atoms with Crippen molar-refractivity contribution >= 4 is 27.6 Å². The number of methoxy groups -OCH3 is 1. The summed E-state index contributed by atoms with van der Waals surface area (Å²) in [4.78, 5) is 14.3. The molecule has 2 aliphatic rings. The molecule has 0 aliphatic carbocycles. The molecule has 1 aromatic rings. The van der Waals surface area contributed by atoms with Crippen molar-refractivity contribution in [2.24, 2.45) is 0 Å². The Hall–Kier alpha value is -1.07. The second-order valence-corrected chi connectivity index (χ2v) is 5.90. The number of hydrogen-bond acceptors (Lipinski definition) is 4. The van der Waals surface area contributed by atoms with E-state index in [1.165, 1.54) is 7.11 Å². The predicted octanol–water partition coefficient (Wildman–Crippen LogP) is 2.60. The number of nitrogens with zero attached hydrogens (tertiary/aromatic N) is 1. The number of ether oxygens (including phenoxy) is 2. The second kappa shape index (κ2) is 5.13. The summed E-state index contributed by atoms with van der Waals surface area (Å²) in [6.45, 7) is 1.48. The van der Waals surface area contributed by atoms with Gasteiger partial charge in [-0.05, 0) is 31.0 Å². The number of morpholine rings is 1. The van der Waals surface area contributed by atoms with Gasteiger partial charge in [-0.3, -0.25) is 0 Å². The van der Waals surface area contributed by atoms with Gasteiger partial charge in [0.1, 0.15) is 0 Å². The lowest BCUT2D eigenvalue weighted by molar-refractivity contribution is 0.0598. The van der Waals surface area contributed by atoms with Crippen LogP contribution in [0.1, 0.15) is 23.2 Å². The average Bonchev–Trinajstić information content (AvgIpc) is 2.67. The lowest BCUT2D eigenvalue weighted by Crippen LogP contribution is -2.46. The average molecular weight is 326 g/mol. The molecule has 2 aliphatic heterocycles. The Kier molecular flexibility index (Phi) is 3.50. The summed E-state index contributed by atoms with van der Waals surface area (Å²) in [5.41, 5.74) is 1.58. The van der Waals surface area contributed by atoms with Crippen LogP contribution in [0.15, 0.2) is 22.7 Å². The van der Waals surface area contributed by atoms with Crippen LogP contribution in [0.5, 0.6) is 0 Å². The summed E-state index contributed by atoms with van der Waals surface area (Å²) >= 11 is 3.48. The molecule has 0 aromatic heterocycles. The summed E-state index contributed by atoms with van der Waals surface area (Å²) in [5, 5.41) is 0. The smallest absolute Gasteiger partial charge is 0.339 e. The maximum absolute atomic E-state index is 11.9. The molecule has 102 valence electrons. The third kappa shape index (κ3) is 2.25. The van der Waals surface area contributed by atoms with Gasteiger partial charge in [0.25, 0.3) is 0 Å². The zero-order chi connectivity index (χ0) is 13.4. The van der Waals surface area contributed by atoms with Crippen LogP contribution in [0, 0.1) is 0 Å². The highest BCUT2D eigenvalue weighted by atomic mass is 79.9. The fourth-order valence-corrected chi connectivity index (χ4v) is 3.37. The molecule has 0 amide bonds. The summed E-state index contributed by atoms with van der Waals surface area (Å²) in [6, 6.07) is 6.44. The largest absolute Gasteiger partial charge is 0.465 e. The van der Waals surface area contributed by atoms with Crippen molar-refractivity contribution in [1.29, 1.82) is 0 Å². The summed E-state index contributed by atoms with van der Waals surface area (Å²) in [5.74, 6) is -0.284. The minimum Gasteiger partial charge on any atom is -0.465 e. The van der Waals surface area contributed by atoms with E-state index in [0.29, 0.717) is 17.6 Å². The van der Waals surface area contributed by atoms with Crippen LogP contribution in [0.4, 0.5) is 5.69 Å². The van der Waals surface area contributed by atoms with Crippen LogP contribution in [0.2, 0.25) is 0 Å². The monoisotopic (exact) mass is 325 g/mol. The number of esters is 1. The van der Waals surface area contributed by atoms with Gasteiger partial charge < -0.3 is 14.4 Å². The van der Waals surface area contributed by atoms with Gasteiger partial charge in [0.15, 0.2) is 0 Å². The summed E-state index contributed by atoms with van der Waals surface area (Å²) in [7, 11) is 1.42. The molecule has 3 rings (SSSR count). The molecular formula is C14H16BrNO3. The highest BCUT2D eigenvalue weighted by molar-refractivity contribution is 9.10. The van der Waals surface area contributed by atoms with E-state index in [1.54, 1.807) is 0 Å². The second-order valence-electron chi connectivity index (χ2n) is 4.98. The minimum atomic E-state index is -0.284. The normalized spacial score (nSPS) is 25.5. The van der Waals surface area contributed by atoms with Gasteiger partial charge in [0.2, 0.25) is 0 Å². The van der Waals surface area contributed by atoms with Gasteiger partial charge >= 0.3 is 5.97 Å². The van der Waals surface area contributed by atoms with Gasteiger partial charge in [-0.15, -0.1) is 0 Å².